The summed E-state index contributed by atoms with van der Waals surface area (Å²) in [6, 6.07) is 8.97. The van der Waals surface area contributed by atoms with Crippen LogP contribution in [0.5, 0.6) is 5.75 Å². The monoisotopic (exact) mass is 289 g/mol. The van der Waals surface area contributed by atoms with E-state index in [1.165, 1.54) is 44.1 Å². The molecule has 1 N–H and O–H groups in total. The second-order valence-corrected chi connectivity index (χ2v) is 6.50. The number of aryl methyl sites for hydroxylation is 1. The van der Waals surface area contributed by atoms with Crippen molar-refractivity contribution in [1.82, 2.24) is 5.32 Å². The number of hydrogen-bond acceptors (Lipinski definition) is 2. The highest BCUT2D eigenvalue weighted by Gasteiger charge is 2.31. The maximum Gasteiger partial charge on any atom is 0.120 e. The van der Waals surface area contributed by atoms with Gasteiger partial charge in [-0.1, -0.05) is 38.8 Å². The zero-order valence-electron chi connectivity index (χ0n) is 13.9. The first-order valence-electron chi connectivity index (χ1n) is 8.69. The van der Waals surface area contributed by atoms with E-state index in [1.807, 2.05) is 0 Å². The fraction of sp³-hybridized carbons (Fsp3) is 0.684. The van der Waals surface area contributed by atoms with Gasteiger partial charge >= 0.3 is 0 Å². The van der Waals surface area contributed by atoms with Gasteiger partial charge in [-0.15, -0.1) is 0 Å². The summed E-state index contributed by atoms with van der Waals surface area (Å²) >= 11 is 0. The Morgan fingerprint density at radius 3 is 2.76 bits per heavy atom. The Kier molecular flexibility index (Phi) is 6.56. The Labute approximate surface area is 130 Å². The van der Waals surface area contributed by atoms with Crippen molar-refractivity contribution in [3.8, 4) is 5.75 Å². The highest BCUT2D eigenvalue weighted by molar-refractivity contribution is 5.27. The van der Waals surface area contributed by atoms with Crippen molar-refractivity contribution in [2.24, 2.45) is 5.92 Å². The molecule has 3 atom stereocenters. The molecule has 0 aliphatic heterocycles. The molecule has 0 spiro atoms. The minimum absolute atomic E-state index is 0.323. The second-order valence-electron chi connectivity index (χ2n) is 6.50. The van der Waals surface area contributed by atoms with Crippen molar-refractivity contribution in [3.05, 3.63) is 29.8 Å². The van der Waals surface area contributed by atoms with Crippen LogP contribution in [0.1, 0.15) is 57.9 Å². The molecule has 1 aromatic carbocycles. The van der Waals surface area contributed by atoms with Crippen LogP contribution in [0, 0.1) is 12.8 Å². The molecule has 1 aliphatic rings. The molecule has 0 heterocycles. The van der Waals surface area contributed by atoms with E-state index in [-0.39, 0.29) is 0 Å². The minimum Gasteiger partial charge on any atom is -0.489 e. The van der Waals surface area contributed by atoms with Crippen LogP contribution in [0.2, 0.25) is 0 Å². The van der Waals surface area contributed by atoms with E-state index in [0.717, 1.165) is 18.2 Å². The third-order valence-corrected chi connectivity index (χ3v) is 4.53. The van der Waals surface area contributed by atoms with E-state index in [9.17, 15) is 0 Å². The standard InChI is InChI=1S/C19H31NO/c1-4-7-16-10-11-18(20-12-5-2)19(14-16)21-17-9-6-8-15(3)13-17/h6,8-9,13,16,18-20H,4-5,7,10-12,14H2,1-3H3. The van der Waals surface area contributed by atoms with Gasteiger partial charge in [0.25, 0.3) is 0 Å². The molecular formula is C19H31NO. The summed E-state index contributed by atoms with van der Waals surface area (Å²) in [7, 11) is 0. The maximum absolute atomic E-state index is 6.36. The molecule has 21 heavy (non-hydrogen) atoms. The Hall–Kier alpha value is -1.02. The fourth-order valence-electron chi connectivity index (χ4n) is 3.44. The van der Waals surface area contributed by atoms with Gasteiger partial charge in [-0.05, 0) is 62.8 Å². The summed E-state index contributed by atoms with van der Waals surface area (Å²) in [5.74, 6) is 1.87. The van der Waals surface area contributed by atoms with E-state index in [0.29, 0.717) is 12.1 Å². The molecule has 0 aromatic heterocycles. The van der Waals surface area contributed by atoms with Crippen LogP contribution in [-0.4, -0.2) is 18.7 Å². The van der Waals surface area contributed by atoms with Gasteiger partial charge in [-0.2, -0.15) is 0 Å². The van der Waals surface area contributed by atoms with Gasteiger partial charge in [-0.3, -0.25) is 0 Å². The molecule has 0 amide bonds. The summed E-state index contributed by atoms with van der Waals surface area (Å²) in [5.41, 5.74) is 1.27. The van der Waals surface area contributed by atoms with E-state index in [2.05, 4.69) is 50.4 Å². The lowest BCUT2D eigenvalue weighted by atomic mass is 9.81. The van der Waals surface area contributed by atoms with Crippen LogP contribution in [0.4, 0.5) is 0 Å². The highest BCUT2D eigenvalue weighted by Crippen LogP contribution is 2.31. The lowest BCUT2D eigenvalue weighted by Gasteiger charge is -2.37. The van der Waals surface area contributed by atoms with Gasteiger partial charge in [0, 0.05) is 6.04 Å². The Bertz CT molecular complexity index is 418. The first-order chi connectivity index (χ1) is 10.2. The molecule has 0 radical (unpaired) electrons. The molecule has 2 heteroatoms. The number of ether oxygens (including phenoxy) is 1. The first-order valence-corrected chi connectivity index (χ1v) is 8.69. The van der Waals surface area contributed by atoms with Gasteiger partial charge in [0.05, 0.1) is 0 Å². The topological polar surface area (TPSA) is 21.3 Å². The molecular weight excluding hydrogens is 258 g/mol. The van der Waals surface area contributed by atoms with Crippen molar-refractivity contribution >= 4 is 0 Å². The van der Waals surface area contributed by atoms with Crippen LogP contribution in [0.3, 0.4) is 0 Å². The third kappa shape index (κ3) is 5.03. The van der Waals surface area contributed by atoms with Gasteiger partial charge in [0.2, 0.25) is 0 Å². The van der Waals surface area contributed by atoms with Crippen molar-refractivity contribution in [2.45, 2.75) is 71.4 Å². The molecule has 2 nitrogen and oxygen atoms in total. The fourth-order valence-corrected chi connectivity index (χ4v) is 3.44. The van der Waals surface area contributed by atoms with Crippen LogP contribution in [0.25, 0.3) is 0 Å². The highest BCUT2D eigenvalue weighted by atomic mass is 16.5. The van der Waals surface area contributed by atoms with Gasteiger partial charge in [0.15, 0.2) is 0 Å². The van der Waals surface area contributed by atoms with Crippen molar-refractivity contribution in [2.75, 3.05) is 6.54 Å². The molecule has 118 valence electrons. The Balaban J connectivity index is 2.01. The molecule has 2 rings (SSSR count). The predicted octanol–water partition coefficient (Wildman–Crippen LogP) is 4.71. The molecule has 0 saturated heterocycles. The average molecular weight is 289 g/mol. The summed E-state index contributed by atoms with van der Waals surface area (Å²) < 4.78 is 6.36. The largest absolute Gasteiger partial charge is 0.489 e. The lowest BCUT2D eigenvalue weighted by molar-refractivity contribution is 0.0832. The predicted molar refractivity (Wildman–Crippen MR) is 89.9 cm³/mol. The van der Waals surface area contributed by atoms with Crippen LogP contribution in [0.15, 0.2) is 24.3 Å². The van der Waals surface area contributed by atoms with Crippen LogP contribution >= 0.6 is 0 Å². The second kappa shape index (κ2) is 8.43. The van der Waals surface area contributed by atoms with Gasteiger partial charge in [-0.25, -0.2) is 0 Å². The SMILES string of the molecule is CCCNC1CCC(CCC)CC1Oc1cccc(C)c1. The van der Waals surface area contributed by atoms with Gasteiger partial charge in [0.1, 0.15) is 11.9 Å². The smallest absolute Gasteiger partial charge is 0.120 e. The van der Waals surface area contributed by atoms with Crippen molar-refractivity contribution < 1.29 is 4.74 Å². The Morgan fingerprint density at radius 1 is 1.19 bits per heavy atom. The lowest BCUT2D eigenvalue weighted by Crippen LogP contribution is -2.47. The molecule has 3 unspecified atom stereocenters. The quantitative estimate of drug-likeness (QED) is 0.785. The third-order valence-electron chi connectivity index (χ3n) is 4.53. The first kappa shape index (κ1) is 16.4. The maximum atomic E-state index is 6.36. The van der Waals surface area contributed by atoms with E-state index < -0.39 is 0 Å². The van der Waals surface area contributed by atoms with Crippen molar-refractivity contribution in [3.63, 3.8) is 0 Å². The molecule has 1 saturated carbocycles. The minimum atomic E-state index is 0.323. The molecule has 1 aliphatic carbocycles. The molecule has 0 bridgehead atoms. The number of benzene rings is 1. The summed E-state index contributed by atoms with van der Waals surface area (Å²) in [6.45, 7) is 7.74. The van der Waals surface area contributed by atoms with Gasteiger partial charge < -0.3 is 10.1 Å². The number of nitrogens with one attached hydrogen (secondary N) is 1. The van der Waals surface area contributed by atoms with Crippen LogP contribution < -0.4 is 10.1 Å². The summed E-state index contributed by atoms with van der Waals surface area (Å²) in [4.78, 5) is 0. The number of hydrogen-bond donors (Lipinski definition) is 1. The number of rotatable bonds is 7. The normalized spacial score (nSPS) is 25.8. The van der Waals surface area contributed by atoms with Crippen LogP contribution in [-0.2, 0) is 0 Å². The molecule has 1 aromatic rings. The average Bonchev–Trinajstić information content (AvgIpc) is 2.47. The zero-order chi connectivity index (χ0) is 15.1. The van der Waals surface area contributed by atoms with E-state index in [4.69, 9.17) is 4.74 Å². The van der Waals surface area contributed by atoms with Crippen molar-refractivity contribution in [1.29, 1.82) is 0 Å². The summed E-state index contributed by atoms with van der Waals surface area (Å²) in [6.07, 6.45) is 7.94. The summed E-state index contributed by atoms with van der Waals surface area (Å²) in [5, 5.41) is 3.69. The zero-order valence-corrected chi connectivity index (χ0v) is 13.9. The van der Waals surface area contributed by atoms with E-state index in [1.54, 1.807) is 0 Å². The molecule has 1 fully saturated rings. The van der Waals surface area contributed by atoms with E-state index >= 15 is 0 Å². The Morgan fingerprint density at radius 2 is 2.05 bits per heavy atom.